The first-order valence-corrected chi connectivity index (χ1v) is 8.58. The van der Waals surface area contributed by atoms with Gasteiger partial charge in [-0.2, -0.15) is 0 Å². The molecule has 2 aliphatic rings. The van der Waals surface area contributed by atoms with Crippen LogP contribution < -0.4 is 20.1 Å². The molecule has 0 unspecified atom stereocenters. The number of anilines is 2. The Hall–Kier alpha value is -3.02. The number of ether oxygens (including phenoxy) is 2. The molecule has 0 bridgehead atoms. The maximum atomic E-state index is 12.7. The molecule has 2 N–H and O–H groups in total. The Morgan fingerprint density at radius 3 is 2.12 bits per heavy atom. The minimum atomic E-state index is -1.00. The highest BCUT2D eigenvalue weighted by Crippen LogP contribution is 2.48. The molecular weight excluding hydrogens is 332 g/mol. The van der Waals surface area contributed by atoms with Gasteiger partial charge in [0.2, 0.25) is 18.6 Å². The molecule has 4 rings (SSSR count). The quantitative estimate of drug-likeness (QED) is 0.827. The molecule has 0 atom stereocenters. The van der Waals surface area contributed by atoms with Crippen molar-refractivity contribution in [2.75, 3.05) is 17.4 Å². The molecule has 1 saturated carbocycles. The standard InChI is InChI=1S/C20H20N2O4/c1-12-3-4-14(9-13(12)2)21-18(23)20(7-8-20)19(24)22-15-5-6-16-17(10-15)26-11-25-16/h3-6,9-10H,7-8,11H2,1-2H3,(H,21,23)(H,22,24). The van der Waals surface area contributed by atoms with Gasteiger partial charge >= 0.3 is 0 Å². The first kappa shape index (κ1) is 16.4. The van der Waals surface area contributed by atoms with Crippen LogP contribution in [0.1, 0.15) is 24.0 Å². The summed E-state index contributed by atoms with van der Waals surface area (Å²) < 4.78 is 10.6. The minimum Gasteiger partial charge on any atom is -0.454 e. The average Bonchev–Trinajstić information content (AvgIpc) is 3.31. The van der Waals surface area contributed by atoms with Crippen molar-refractivity contribution in [3.8, 4) is 11.5 Å². The summed E-state index contributed by atoms with van der Waals surface area (Å²) in [5.74, 6) is 0.681. The number of hydrogen-bond donors (Lipinski definition) is 2. The van der Waals surface area contributed by atoms with E-state index in [0.29, 0.717) is 35.7 Å². The largest absolute Gasteiger partial charge is 0.454 e. The number of benzene rings is 2. The Labute approximate surface area is 151 Å². The lowest BCUT2D eigenvalue weighted by molar-refractivity contribution is -0.131. The summed E-state index contributed by atoms with van der Waals surface area (Å²) in [5.41, 5.74) is 2.54. The first-order valence-electron chi connectivity index (χ1n) is 8.58. The van der Waals surface area contributed by atoms with Crippen molar-refractivity contribution in [1.29, 1.82) is 0 Å². The summed E-state index contributed by atoms with van der Waals surface area (Å²) in [6.45, 7) is 4.18. The van der Waals surface area contributed by atoms with Crippen LogP contribution in [0.4, 0.5) is 11.4 Å². The van der Waals surface area contributed by atoms with Gasteiger partial charge in [-0.25, -0.2) is 0 Å². The van der Waals surface area contributed by atoms with Gasteiger partial charge in [0.1, 0.15) is 5.41 Å². The zero-order valence-corrected chi connectivity index (χ0v) is 14.7. The van der Waals surface area contributed by atoms with Crippen LogP contribution in [-0.4, -0.2) is 18.6 Å². The van der Waals surface area contributed by atoms with Crippen molar-refractivity contribution < 1.29 is 19.1 Å². The number of rotatable bonds is 4. The first-order chi connectivity index (χ1) is 12.5. The van der Waals surface area contributed by atoms with E-state index in [0.717, 1.165) is 11.1 Å². The van der Waals surface area contributed by atoms with E-state index in [-0.39, 0.29) is 18.6 Å². The van der Waals surface area contributed by atoms with Gasteiger partial charge in [-0.05, 0) is 62.1 Å². The van der Waals surface area contributed by atoms with E-state index in [1.165, 1.54) is 0 Å². The monoisotopic (exact) mass is 352 g/mol. The van der Waals surface area contributed by atoms with Gasteiger partial charge in [0.15, 0.2) is 11.5 Å². The fourth-order valence-electron chi connectivity index (χ4n) is 2.98. The summed E-state index contributed by atoms with van der Waals surface area (Å²) in [4.78, 5) is 25.4. The van der Waals surface area contributed by atoms with Gasteiger partial charge in [-0.1, -0.05) is 6.07 Å². The Bertz CT molecular complexity index is 903. The molecule has 2 aromatic rings. The fraction of sp³-hybridized carbons (Fsp3) is 0.300. The third-order valence-electron chi connectivity index (χ3n) is 5.01. The fourth-order valence-corrected chi connectivity index (χ4v) is 2.98. The molecule has 1 fully saturated rings. The van der Waals surface area contributed by atoms with Crippen LogP contribution in [0.2, 0.25) is 0 Å². The number of aryl methyl sites for hydroxylation is 2. The Morgan fingerprint density at radius 1 is 0.846 bits per heavy atom. The van der Waals surface area contributed by atoms with Gasteiger partial charge < -0.3 is 20.1 Å². The molecule has 6 heteroatoms. The summed E-state index contributed by atoms with van der Waals surface area (Å²) in [6.07, 6.45) is 1.08. The topological polar surface area (TPSA) is 76.7 Å². The Kier molecular flexibility index (Phi) is 3.83. The number of carbonyl (C=O) groups is 2. The second-order valence-electron chi connectivity index (χ2n) is 6.86. The Morgan fingerprint density at radius 2 is 1.46 bits per heavy atom. The van der Waals surface area contributed by atoms with E-state index in [9.17, 15) is 9.59 Å². The molecule has 2 amide bonds. The highest BCUT2D eigenvalue weighted by Gasteiger charge is 2.56. The van der Waals surface area contributed by atoms with Crippen molar-refractivity contribution in [2.24, 2.45) is 5.41 Å². The minimum absolute atomic E-state index is 0.176. The van der Waals surface area contributed by atoms with Crippen molar-refractivity contribution >= 4 is 23.2 Å². The molecule has 0 aromatic heterocycles. The molecule has 26 heavy (non-hydrogen) atoms. The molecule has 1 aliphatic carbocycles. The van der Waals surface area contributed by atoms with Crippen molar-refractivity contribution in [1.82, 2.24) is 0 Å². The maximum absolute atomic E-state index is 12.7. The third-order valence-corrected chi connectivity index (χ3v) is 5.01. The van der Waals surface area contributed by atoms with Gasteiger partial charge in [0.05, 0.1) is 0 Å². The highest BCUT2D eigenvalue weighted by atomic mass is 16.7. The van der Waals surface area contributed by atoms with E-state index >= 15 is 0 Å². The lowest BCUT2D eigenvalue weighted by atomic mass is 10.0. The van der Waals surface area contributed by atoms with Crippen LogP contribution in [0, 0.1) is 19.3 Å². The van der Waals surface area contributed by atoms with Gasteiger partial charge in [-0.15, -0.1) is 0 Å². The molecular formula is C20H20N2O4. The summed E-state index contributed by atoms with van der Waals surface area (Å²) in [7, 11) is 0. The predicted molar refractivity (Wildman–Crippen MR) is 97.4 cm³/mol. The second-order valence-corrected chi connectivity index (χ2v) is 6.86. The smallest absolute Gasteiger partial charge is 0.240 e. The Balaban J connectivity index is 1.46. The van der Waals surface area contributed by atoms with Crippen LogP contribution in [0.15, 0.2) is 36.4 Å². The van der Waals surface area contributed by atoms with Gasteiger partial charge in [-0.3, -0.25) is 9.59 Å². The van der Waals surface area contributed by atoms with Crippen LogP contribution in [0.5, 0.6) is 11.5 Å². The summed E-state index contributed by atoms with van der Waals surface area (Å²) in [5, 5.41) is 5.70. The normalized spacial score (nSPS) is 16.1. The highest BCUT2D eigenvalue weighted by molar-refractivity contribution is 6.17. The van der Waals surface area contributed by atoms with E-state index in [4.69, 9.17) is 9.47 Å². The predicted octanol–water partition coefficient (Wildman–Crippen LogP) is 3.39. The van der Waals surface area contributed by atoms with Crippen molar-refractivity contribution in [2.45, 2.75) is 26.7 Å². The molecule has 2 aromatic carbocycles. The molecule has 1 aliphatic heterocycles. The molecule has 0 spiro atoms. The second kappa shape index (κ2) is 6.05. The number of nitrogens with one attached hydrogen (secondary N) is 2. The number of amides is 2. The third kappa shape index (κ3) is 2.87. The lowest BCUT2D eigenvalue weighted by Crippen LogP contribution is -2.35. The summed E-state index contributed by atoms with van der Waals surface area (Å²) in [6, 6.07) is 10.9. The van der Waals surface area contributed by atoms with Crippen molar-refractivity contribution in [3.05, 3.63) is 47.5 Å². The van der Waals surface area contributed by atoms with Gasteiger partial charge in [0, 0.05) is 17.4 Å². The van der Waals surface area contributed by atoms with Crippen LogP contribution >= 0.6 is 0 Å². The molecule has 1 heterocycles. The number of fused-ring (bicyclic) bond motifs is 1. The number of hydrogen-bond acceptors (Lipinski definition) is 4. The molecule has 6 nitrogen and oxygen atoms in total. The average molecular weight is 352 g/mol. The van der Waals surface area contributed by atoms with Crippen LogP contribution in [0.25, 0.3) is 0 Å². The zero-order chi connectivity index (χ0) is 18.3. The molecule has 134 valence electrons. The molecule has 0 saturated heterocycles. The SMILES string of the molecule is Cc1ccc(NC(=O)C2(C(=O)Nc3ccc4c(c3)OCO4)CC2)cc1C. The number of carbonyl (C=O) groups excluding carboxylic acids is 2. The van der Waals surface area contributed by atoms with Crippen LogP contribution in [-0.2, 0) is 9.59 Å². The zero-order valence-electron chi connectivity index (χ0n) is 14.7. The van der Waals surface area contributed by atoms with Gasteiger partial charge in [0.25, 0.3) is 0 Å². The van der Waals surface area contributed by atoms with E-state index < -0.39 is 5.41 Å². The van der Waals surface area contributed by atoms with Crippen LogP contribution in [0.3, 0.4) is 0 Å². The van der Waals surface area contributed by atoms with E-state index in [1.807, 2.05) is 32.0 Å². The van der Waals surface area contributed by atoms with Crippen molar-refractivity contribution in [3.63, 3.8) is 0 Å². The summed E-state index contributed by atoms with van der Waals surface area (Å²) >= 11 is 0. The van der Waals surface area contributed by atoms with E-state index in [1.54, 1.807) is 18.2 Å². The van der Waals surface area contributed by atoms with E-state index in [2.05, 4.69) is 10.6 Å². The maximum Gasteiger partial charge on any atom is 0.240 e. The molecule has 0 radical (unpaired) electrons. The lowest BCUT2D eigenvalue weighted by Gasteiger charge is -2.16.